The van der Waals surface area contributed by atoms with Gasteiger partial charge in [-0.3, -0.25) is 9.59 Å². The van der Waals surface area contributed by atoms with E-state index in [9.17, 15) is 19.8 Å². The highest BCUT2D eigenvalue weighted by Crippen LogP contribution is 2.21. The Morgan fingerprint density at radius 1 is 1.28 bits per heavy atom. The molecule has 6 heteroatoms. The number of nitrogens with one attached hydrogen (secondary N) is 2. The average molecular weight is 250 g/mol. The smallest absolute Gasteiger partial charge is 0.255 e. The Labute approximate surface area is 104 Å². The van der Waals surface area contributed by atoms with E-state index >= 15 is 0 Å². The van der Waals surface area contributed by atoms with Gasteiger partial charge in [-0.05, 0) is 31.0 Å². The molecule has 1 aliphatic carbocycles. The van der Waals surface area contributed by atoms with Crippen molar-refractivity contribution in [1.82, 2.24) is 10.6 Å². The Bertz CT molecular complexity index is 483. The largest absolute Gasteiger partial charge is 0.508 e. The highest BCUT2D eigenvalue weighted by molar-refractivity contribution is 5.99. The molecule has 96 valence electrons. The molecule has 2 rings (SSSR count). The molecule has 0 spiro atoms. The van der Waals surface area contributed by atoms with Crippen LogP contribution < -0.4 is 10.6 Å². The molecule has 1 aliphatic rings. The molecule has 0 aliphatic heterocycles. The van der Waals surface area contributed by atoms with Gasteiger partial charge in [-0.1, -0.05) is 0 Å². The van der Waals surface area contributed by atoms with Crippen molar-refractivity contribution < 1.29 is 19.8 Å². The van der Waals surface area contributed by atoms with Crippen molar-refractivity contribution in [2.75, 3.05) is 6.54 Å². The molecule has 1 aromatic rings. The third-order valence-corrected chi connectivity index (χ3v) is 2.58. The molecule has 6 nitrogen and oxygen atoms in total. The summed E-state index contributed by atoms with van der Waals surface area (Å²) in [5.74, 6) is -1.23. The van der Waals surface area contributed by atoms with Gasteiger partial charge in [0.25, 0.3) is 5.91 Å². The zero-order valence-corrected chi connectivity index (χ0v) is 9.64. The minimum atomic E-state index is -0.602. The van der Waals surface area contributed by atoms with E-state index in [1.165, 1.54) is 12.1 Å². The Hall–Kier alpha value is -2.24. The van der Waals surface area contributed by atoms with Crippen LogP contribution in [0.25, 0.3) is 0 Å². The summed E-state index contributed by atoms with van der Waals surface area (Å²) in [7, 11) is 0. The van der Waals surface area contributed by atoms with Crippen LogP contribution in [0.5, 0.6) is 11.5 Å². The Balaban J connectivity index is 1.90. The molecule has 1 fully saturated rings. The fourth-order valence-electron chi connectivity index (χ4n) is 1.47. The quantitative estimate of drug-likeness (QED) is 0.570. The third kappa shape index (κ3) is 3.13. The van der Waals surface area contributed by atoms with Crippen LogP contribution in [0.1, 0.15) is 23.2 Å². The molecule has 0 unspecified atom stereocenters. The minimum absolute atomic E-state index is 0.0609. The Kier molecular flexibility index (Phi) is 3.36. The zero-order chi connectivity index (χ0) is 13.1. The normalized spacial score (nSPS) is 14.0. The van der Waals surface area contributed by atoms with Gasteiger partial charge in [0.2, 0.25) is 5.91 Å². The fraction of sp³-hybridized carbons (Fsp3) is 0.333. The lowest BCUT2D eigenvalue weighted by atomic mass is 10.2. The summed E-state index contributed by atoms with van der Waals surface area (Å²) in [6.07, 6.45) is 1.96. The lowest BCUT2D eigenvalue weighted by Crippen LogP contribution is -2.37. The highest BCUT2D eigenvalue weighted by atomic mass is 16.3. The van der Waals surface area contributed by atoms with E-state index in [1.54, 1.807) is 0 Å². The number of carbonyl (C=O) groups is 2. The van der Waals surface area contributed by atoms with Crippen molar-refractivity contribution in [3.8, 4) is 11.5 Å². The van der Waals surface area contributed by atoms with Crippen LogP contribution in [0.4, 0.5) is 0 Å². The molecule has 2 amide bonds. The highest BCUT2D eigenvalue weighted by Gasteiger charge is 2.23. The zero-order valence-electron chi connectivity index (χ0n) is 9.64. The summed E-state index contributed by atoms with van der Waals surface area (Å²) < 4.78 is 0. The van der Waals surface area contributed by atoms with Gasteiger partial charge in [0.15, 0.2) is 0 Å². The van der Waals surface area contributed by atoms with E-state index < -0.39 is 5.91 Å². The first-order chi connectivity index (χ1) is 8.56. The van der Waals surface area contributed by atoms with Crippen LogP contribution in [0, 0.1) is 0 Å². The maximum Gasteiger partial charge on any atom is 0.255 e. The molecule has 0 aromatic heterocycles. The maximum absolute atomic E-state index is 11.7. The molecule has 4 N–H and O–H groups in total. The summed E-state index contributed by atoms with van der Waals surface area (Å²) in [4.78, 5) is 23.0. The summed E-state index contributed by atoms with van der Waals surface area (Å²) in [6.45, 7) is -0.148. The molecule has 1 saturated carbocycles. The van der Waals surface area contributed by atoms with Crippen LogP contribution in [0.3, 0.4) is 0 Å². The van der Waals surface area contributed by atoms with Crippen molar-refractivity contribution >= 4 is 11.8 Å². The molecule has 1 aromatic carbocycles. The molecule has 0 radical (unpaired) electrons. The van der Waals surface area contributed by atoms with Crippen LogP contribution in [0.15, 0.2) is 18.2 Å². The summed E-state index contributed by atoms with van der Waals surface area (Å²) >= 11 is 0. The number of aromatic hydroxyl groups is 2. The van der Waals surface area contributed by atoms with E-state index in [2.05, 4.69) is 10.6 Å². The molecule has 0 bridgehead atoms. The number of amides is 2. The lowest BCUT2D eigenvalue weighted by molar-refractivity contribution is -0.120. The van der Waals surface area contributed by atoms with Crippen molar-refractivity contribution in [2.45, 2.75) is 18.9 Å². The number of hydrogen-bond donors (Lipinski definition) is 4. The third-order valence-electron chi connectivity index (χ3n) is 2.58. The van der Waals surface area contributed by atoms with E-state index in [4.69, 9.17) is 0 Å². The second-order valence-electron chi connectivity index (χ2n) is 4.23. The van der Waals surface area contributed by atoms with Crippen molar-refractivity contribution in [1.29, 1.82) is 0 Å². The predicted molar refractivity (Wildman–Crippen MR) is 63.3 cm³/mol. The minimum Gasteiger partial charge on any atom is -0.508 e. The van der Waals surface area contributed by atoms with Crippen LogP contribution in [-0.2, 0) is 4.79 Å². The standard InChI is InChI=1S/C12H14N2O4/c15-8-3-4-10(16)9(5-8)12(18)13-6-11(17)14-7-1-2-7/h3-5,7,15-16H,1-2,6H2,(H,13,18)(H,14,17). The van der Waals surface area contributed by atoms with Crippen molar-refractivity contribution in [3.63, 3.8) is 0 Å². The topological polar surface area (TPSA) is 98.7 Å². The summed E-state index contributed by atoms with van der Waals surface area (Å²) in [5, 5.41) is 23.8. The van der Waals surface area contributed by atoms with E-state index in [0.717, 1.165) is 18.9 Å². The first kappa shape index (κ1) is 12.2. The van der Waals surface area contributed by atoms with Crippen LogP contribution >= 0.6 is 0 Å². The van der Waals surface area contributed by atoms with Crippen LogP contribution in [0.2, 0.25) is 0 Å². The number of phenolic OH excluding ortho intramolecular Hbond substituents is 2. The van der Waals surface area contributed by atoms with Crippen molar-refractivity contribution in [3.05, 3.63) is 23.8 Å². The monoisotopic (exact) mass is 250 g/mol. The predicted octanol–water partition coefficient (Wildman–Crippen LogP) is 0.106. The SMILES string of the molecule is O=C(CNC(=O)c1cc(O)ccc1O)NC1CC1. The van der Waals surface area contributed by atoms with Gasteiger partial charge in [-0.2, -0.15) is 0 Å². The molecule has 0 atom stereocenters. The number of rotatable bonds is 4. The molecule has 0 saturated heterocycles. The fourth-order valence-corrected chi connectivity index (χ4v) is 1.47. The average Bonchev–Trinajstić information content (AvgIpc) is 3.13. The van der Waals surface area contributed by atoms with E-state index in [1.807, 2.05) is 0 Å². The van der Waals surface area contributed by atoms with E-state index in [-0.39, 0.29) is 35.6 Å². The van der Waals surface area contributed by atoms with Gasteiger partial charge in [0.1, 0.15) is 11.5 Å². The number of benzene rings is 1. The van der Waals surface area contributed by atoms with Gasteiger partial charge < -0.3 is 20.8 Å². The van der Waals surface area contributed by atoms with Crippen LogP contribution in [-0.4, -0.2) is 34.6 Å². The Morgan fingerprint density at radius 3 is 2.67 bits per heavy atom. The van der Waals surface area contributed by atoms with Gasteiger partial charge in [-0.25, -0.2) is 0 Å². The lowest BCUT2D eigenvalue weighted by Gasteiger charge is -2.07. The number of hydrogen-bond acceptors (Lipinski definition) is 4. The van der Waals surface area contributed by atoms with Gasteiger partial charge >= 0.3 is 0 Å². The molecular formula is C12H14N2O4. The first-order valence-electron chi connectivity index (χ1n) is 5.66. The maximum atomic E-state index is 11.7. The summed E-state index contributed by atoms with van der Waals surface area (Å²) in [6, 6.07) is 3.87. The summed E-state index contributed by atoms with van der Waals surface area (Å²) in [5.41, 5.74) is -0.0609. The van der Waals surface area contributed by atoms with Gasteiger partial charge in [0, 0.05) is 6.04 Å². The molecule has 0 heterocycles. The molecular weight excluding hydrogens is 236 g/mol. The van der Waals surface area contributed by atoms with E-state index in [0.29, 0.717) is 0 Å². The van der Waals surface area contributed by atoms with Gasteiger partial charge in [0.05, 0.1) is 12.1 Å². The van der Waals surface area contributed by atoms with Crippen molar-refractivity contribution in [2.24, 2.45) is 0 Å². The second-order valence-corrected chi connectivity index (χ2v) is 4.23. The number of carbonyl (C=O) groups excluding carboxylic acids is 2. The number of phenols is 2. The first-order valence-corrected chi connectivity index (χ1v) is 5.66. The second kappa shape index (κ2) is 4.95. The molecule has 18 heavy (non-hydrogen) atoms. The van der Waals surface area contributed by atoms with Gasteiger partial charge in [-0.15, -0.1) is 0 Å². The Morgan fingerprint density at radius 2 is 2.00 bits per heavy atom.